The van der Waals surface area contributed by atoms with E-state index in [-0.39, 0.29) is 6.61 Å². The summed E-state index contributed by atoms with van der Waals surface area (Å²) in [6.45, 7) is 2.36. The summed E-state index contributed by atoms with van der Waals surface area (Å²) in [7, 11) is 1.83. The largest absolute Gasteiger partial charge is 0.456 e. The number of aromatic nitrogens is 2. The van der Waals surface area contributed by atoms with Gasteiger partial charge in [-0.05, 0) is 12.5 Å². The van der Waals surface area contributed by atoms with Crippen LogP contribution in [0.3, 0.4) is 0 Å². The lowest BCUT2D eigenvalue weighted by atomic mass is 10.2. The molecular weight excluding hydrogens is 242 g/mol. The van der Waals surface area contributed by atoms with Gasteiger partial charge in [0.2, 0.25) is 0 Å². The van der Waals surface area contributed by atoms with E-state index in [1.807, 2.05) is 44.3 Å². The van der Waals surface area contributed by atoms with E-state index in [0.29, 0.717) is 18.1 Å². The highest BCUT2D eigenvalue weighted by Crippen LogP contribution is 2.11. The number of nitrogens with two attached hydrogens (primary N) is 1. The zero-order valence-electron chi connectivity index (χ0n) is 11.1. The highest BCUT2D eigenvalue weighted by Gasteiger charge is 2.18. The van der Waals surface area contributed by atoms with Crippen LogP contribution in [0.25, 0.3) is 0 Å². The smallest absolute Gasteiger partial charge is 0.359 e. The van der Waals surface area contributed by atoms with E-state index in [1.54, 1.807) is 4.57 Å². The minimum Gasteiger partial charge on any atom is -0.456 e. The van der Waals surface area contributed by atoms with Gasteiger partial charge in [0.05, 0.1) is 6.54 Å². The van der Waals surface area contributed by atoms with Crippen LogP contribution in [0.1, 0.15) is 27.6 Å². The van der Waals surface area contributed by atoms with Gasteiger partial charge in [0.1, 0.15) is 12.4 Å². The van der Waals surface area contributed by atoms with Crippen molar-refractivity contribution in [2.75, 3.05) is 0 Å². The molecule has 5 nitrogen and oxygen atoms in total. The van der Waals surface area contributed by atoms with E-state index in [0.717, 1.165) is 11.3 Å². The van der Waals surface area contributed by atoms with Gasteiger partial charge in [-0.2, -0.15) is 0 Å². The van der Waals surface area contributed by atoms with Gasteiger partial charge in [0.25, 0.3) is 0 Å². The van der Waals surface area contributed by atoms with Crippen LogP contribution in [0.15, 0.2) is 30.3 Å². The lowest BCUT2D eigenvalue weighted by Crippen LogP contribution is -2.08. The van der Waals surface area contributed by atoms with Crippen molar-refractivity contribution in [3.63, 3.8) is 0 Å². The van der Waals surface area contributed by atoms with Gasteiger partial charge in [-0.1, -0.05) is 30.3 Å². The fraction of sp³-hybridized carbons (Fsp3) is 0.286. The summed E-state index contributed by atoms with van der Waals surface area (Å²) in [5.74, 6) is 0.251. The molecule has 0 unspecified atom stereocenters. The molecule has 2 N–H and O–H groups in total. The predicted molar refractivity (Wildman–Crippen MR) is 71.4 cm³/mol. The van der Waals surface area contributed by atoms with Gasteiger partial charge in [0, 0.05) is 12.7 Å². The van der Waals surface area contributed by atoms with Crippen LogP contribution >= 0.6 is 0 Å². The standard InChI is InChI=1S/C14H17N3O2/c1-10-13(16-12(8-15)17(10)2)14(18)19-9-11-6-4-3-5-7-11/h3-7H,8-9,15H2,1-2H3. The Morgan fingerprint density at radius 2 is 2.05 bits per heavy atom. The van der Waals surface area contributed by atoms with Gasteiger partial charge < -0.3 is 15.0 Å². The van der Waals surface area contributed by atoms with Crippen LogP contribution in [-0.2, 0) is 24.9 Å². The SMILES string of the molecule is Cc1c(C(=O)OCc2ccccc2)nc(CN)n1C. The fourth-order valence-corrected chi connectivity index (χ4v) is 1.80. The monoisotopic (exact) mass is 259 g/mol. The lowest BCUT2D eigenvalue weighted by molar-refractivity contribution is 0.0465. The Morgan fingerprint density at radius 1 is 1.37 bits per heavy atom. The van der Waals surface area contributed by atoms with Gasteiger partial charge in [-0.15, -0.1) is 0 Å². The second-order valence-electron chi connectivity index (χ2n) is 4.29. The third-order valence-corrected chi connectivity index (χ3v) is 3.06. The van der Waals surface area contributed by atoms with Gasteiger partial charge >= 0.3 is 5.97 Å². The van der Waals surface area contributed by atoms with Crippen LogP contribution in [0.4, 0.5) is 0 Å². The van der Waals surface area contributed by atoms with Crippen molar-refractivity contribution in [1.82, 2.24) is 9.55 Å². The number of imidazole rings is 1. The van der Waals surface area contributed by atoms with Crippen molar-refractivity contribution in [3.8, 4) is 0 Å². The maximum atomic E-state index is 12.0. The molecule has 1 aromatic carbocycles. The molecule has 1 aromatic heterocycles. The number of ether oxygens (including phenoxy) is 1. The first kappa shape index (κ1) is 13.3. The topological polar surface area (TPSA) is 70.1 Å². The van der Waals surface area contributed by atoms with Gasteiger partial charge in [-0.3, -0.25) is 0 Å². The molecule has 1 heterocycles. The van der Waals surface area contributed by atoms with E-state index < -0.39 is 5.97 Å². The molecule has 0 atom stereocenters. The van der Waals surface area contributed by atoms with Crippen LogP contribution < -0.4 is 5.73 Å². The Labute approximate surface area is 112 Å². The van der Waals surface area contributed by atoms with Crippen molar-refractivity contribution in [3.05, 3.63) is 53.1 Å². The van der Waals surface area contributed by atoms with Crippen molar-refractivity contribution in [2.45, 2.75) is 20.1 Å². The first-order valence-corrected chi connectivity index (χ1v) is 6.06. The zero-order valence-corrected chi connectivity index (χ0v) is 11.1. The maximum Gasteiger partial charge on any atom is 0.359 e. The molecule has 0 amide bonds. The summed E-state index contributed by atoms with van der Waals surface area (Å²) in [5.41, 5.74) is 7.61. The van der Waals surface area contributed by atoms with Gasteiger partial charge in [0.15, 0.2) is 5.69 Å². The summed E-state index contributed by atoms with van der Waals surface area (Å²) < 4.78 is 7.06. The Morgan fingerprint density at radius 3 is 2.63 bits per heavy atom. The molecule has 100 valence electrons. The summed E-state index contributed by atoms with van der Waals surface area (Å²) in [4.78, 5) is 16.2. The Hall–Kier alpha value is -2.14. The number of hydrogen-bond acceptors (Lipinski definition) is 4. The normalized spacial score (nSPS) is 10.5. The number of hydrogen-bond donors (Lipinski definition) is 1. The summed E-state index contributed by atoms with van der Waals surface area (Å²) >= 11 is 0. The lowest BCUT2D eigenvalue weighted by Gasteiger charge is -2.04. The summed E-state index contributed by atoms with van der Waals surface area (Å²) in [6, 6.07) is 9.54. The van der Waals surface area contributed by atoms with Crippen LogP contribution in [0, 0.1) is 6.92 Å². The van der Waals surface area contributed by atoms with Crippen LogP contribution in [0.2, 0.25) is 0 Å². The van der Waals surface area contributed by atoms with Crippen molar-refractivity contribution >= 4 is 5.97 Å². The first-order valence-electron chi connectivity index (χ1n) is 6.06. The molecule has 0 spiro atoms. The predicted octanol–water partition coefficient (Wildman–Crippen LogP) is 1.54. The molecule has 2 rings (SSSR count). The van der Waals surface area contributed by atoms with Crippen molar-refractivity contribution in [1.29, 1.82) is 0 Å². The third-order valence-electron chi connectivity index (χ3n) is 3.06. The molecule has 0 saturated carbocycles. The van der Waals surface area contributed by atoms with E-state index >= 15 is 0 Å². The van der Waals surface area contributed by atoms with E-state index in [2.05, 4.69) is 4.98 Å². The quantitative estimate of drug-likeness (QED) is 0.846. The third kappa shape index (κ3) is 2.82. The molecule has 2 aromatic rings. The molecule has 0 aliphatic rings. The molecule has 0 aliphatic heterocycles. The average Bonchev–Trinajstić information content (AvgIpc) is 2.73. The van der Waals surface area contributed by atoms with Crippen LogP contribution in [-0.4, -0.2) is 15.5 Å². The second-order valence-corrected chi connectivity index (χ2v) is 4.29. The Bertz CT molecular complexity index is 576. The molecule has 0 aliphatic carbocycles. The van der Waals surface area contributed by atoms with Crippen molar-refractivity contribution < 1.29 is 9.53 Å². The number of carbonyl (C=O) groups excluding carboxylic acids is 1. The zero-order chi connectivity index (χ0) is 13.8. The number of benzene rings is 1. The summed E-state index contributed by atoms with van der Waals surface area (Å²) in [6.07, 6.45) is 0. The molecule has 0 fully saturated rings. The van der Waals surface area contributed by atoms with E-state index in [1.165, 1.54) is 0 Å². The number of esters is 1. The fourth-order valence-electron chi connectivity index (χ4n) is 1.80. The number of carbonyl (C=O) groups is 1. The minimum absolute atomic E-state index is 0.244. The first-order chi connectivity index (χ1) is 9.13. The molecule has 0 saturated heterocycles. The highest BCUT2D eigenvalue weighted by molar-refractivity contribution is 5.88. The molecule has 0 bridgehead atoms. The summed E-state index contributed by atoms with van der Waals surface area (Å²) in [5, 5.41) is 0. The van der Waals surface area contributed by atoms with E-state index in [4.69, 9.17) is 10.5 Å². The second kappa shape index (κ2) is 5.67. The van der Waals surface area contributed by atoms with Gasteiger partial charge in [-0.25, -0.2) is 9.78 Å². The molecule has 5 heteroatoms. The van der Waals surface area contributed by atoms with Crippen LogP contribution in [0.5, 0.6) is 0 Å². The Balaban J connectivity index is 2.08. The minimum atomic E-state index is -0.420. The Kier molecular flexibility index (Phi) is 3.97. The highest BCUT2D eigenvalue weighted by atomic mass is 16.5. The molecular formula is C14H17N3O2. The number of nitrogens with zero attached hydrogens (tertiary/aromatic N) is 2. The number of rotatable bonds is 4. The van der Waals surface area contributed by atoms with Crippen molar-refractivity contribution in [2.24, 2.45) is 12.8 Å². The maximum absolute atomic E-state index is 12.0. The molecule has 19 heavy (non-hydrogen) atoms. The van der Waals surface area contributed by atoms with E-state index in [9.17, 15) is 4.79 Å². The average molecular weight is 259 g/mol. The molecule has 0 radical (unpaired) electrons.